The zero-order chi connectivity index (χ0) is 22.1. The van der Waals surface area contributed by atoms with Gasteiger partial charge in [0.2, 0.25) is 0 Å². The number of nitrogens with one attached hydrogen (secondary N) is 3. The second-order valence-electron chi connectivity index (χ2n) is 6.70. The predicted molar refractivity (Wildman–Crippen MR) is 108 cm³/mol. The first-order valence-corrected chi connectivity index (χ1v) is 8.99. The summed E-state index contributed by atoms with van der Waals surface area (Å²) >= 11 is 0. The van der Waals surface area contributed by atoms with E-state index in [0.29, 0.717) is 17.9 Å². The van der Waals surface area contributed by atoms with Gasteiger partial charge in [-0.2, -0.15) is 0 Å². The van der Waals surface area contributed by atoms with E-state index in [1.54, 1.807) is 30.9 Å². The van der Waals surface area contributed by atoms with Crippen LogP contribution in [0.25, 0.3) is 0 Å². The van der Waals surface area contributed by atoms with Gasteiger partial charge in [0.15, 0.2) is 0 Å². The van der Waals surface area contributed by atoms with E-state index in [9.17, 15) is 19.7 Å². The molecule has 0 aliphatic rings. The molecule has 12 heteroatoms. The molecule has 11 nitrogen and oxygen atoms in total. The summed E-state index contributed by atoms with van der Waals surface area (Å²) in [5.74, 6) is -0.710. The largest absolute Gasteiger partial charge is 1.00 e. The number of halogens is 1. The number of rotatable bonds is 8. The summed E-state index contributed by atoms with van der Waals surface area (Å²) in [5, 5.41) is 23.3. The van der Waals surface area contributed by atoms with E-state index in [-0.39, 0.29) is 29.7 Å². The molecule has 0 saturated carbocycles. The van der Waals surface area contributed by atoms with E-state index in [0.717, 1.165) is 20.1 Å². The molecule has 2 aromatic rings. The molecule has 2 aromatic heterocycles. The molecule has 0 saturated heterocycles. The minimum absolute atomic E-state index is 0. The minimum atomic E-state index is -0.556. The lowest BCUT2D eigenvalue weighted by Crippen LogP contribution is -3.05. The Morgan fingerprint density at radius 1 is 1.10 bits per heavy atom. The molecular weight excluding hydrogens is 416 g/mol. The number of carbonyl (C=O) groups excluding carboxylic acids is 2. The van der Waals surface area contributed by atoms with Gasteiger partial charge in [-0.1, -0.05) is 0 Å². The number of anilines is 1. The van der Waals surface area contributed by atoms with Gasteiger partial charge in [-0.3, -0.25) is 19.7 Å². The molecule has 0 radical (unpaired) electrons. The number of aliphatic hydroxyl groups excluding tert-OH is 1. The Bertz CT molecular complexity index is 861. The Hall–Kier alpha value is -2.89. The number of aliphatic hydroxyl groups is 1. The molecule has 0 aliphatic carbocycles. The van der Waals surface area contributed by atoms with Crippen LogP contribution in [0.1, 0.15) is 27.4 Å². The maximum absolute atomic E-state index is 12.4. The van der Waals surface area contributed by atoms with Crippen molar-refractivity contribution in [1.29, 1.82) is 0 Å². The second-order valence-corrected chi connectivity index (χ2v) is 6.70. The van der Waals surface area contributed by atoms with Crippen molar-refractivity contribution in [2.75, 3.05) is 39.6 Å². The standard InChI is InChI=1S/C17H24N6O4.CH4O.ClH/c1-20(2)7-5-6-18-16(24)14-8-12(10-21(14)3)19-17(25)15-9-13(23(26)27)11-22(15)4;1-2;/h8-11H,5-7H2,1-4H3,(H,18,24)(H,19,25);2H,1H3;1H. The molecule has 0 unspecified atom stereocenters. The summed E-state index contributed by atoms with van der Waals surface area (Å²) < 4.78 is 3.01. The zero-order valence-electron chi connectivity index (χ0n) is 17.7. The van der Waals surface area contributed by atoms with Crippen LogP contribution in [-0.2, 0) is 14.1 Å². The number of aromatic nitrogens is 2. The lowest BCUT2D eigenvalue weighted by molar-refractivity contribution is -0.858. The van der Waals surface area contributed by atoms with Gasteiger partial charge in [0.25, 0.3) is 17.5 Å². The number of carbonyl (C=O) groups is 2. The molecule has 0 fully saturated rings. The fourth-order valence-electron chi connectivity index (χ4n) is 2.66. The number of quaternary nitrogens is 1. The van der Waals surface area contributed by atoms with E-state index in [1.807, 2.05) is 0 Å². The van der Waals surface area contributed by atoms with Crippen molar-refractivity contribution in [1.82, 2.24) is 14.5 Å². The zero-order valence-corrected chi connectivity index (χ0v) is 18.5. The fourth-order valence-corrected chi connectivity index (χ4v) is 2.66. The molecule has 0 aliphatic heterocycles. The van der Waals surface area contributed by atoms with Crippen LogP contribution in [0.15, 0.2) is 24.5 Å². The lowest BCUT2D eigenvalue weighted by atomic mass is 10.3. The van der Waals surface area contributed by atoms with Crippen molar-refractivity contribution in [3.63, 3.8) is 0 Å². The average molecular weight is 445 g/mol. The summed E-state index contributed by atoms with van der Waals surface area (Å²) in [6.07, 6.45) is 3.76. The second kappa shape index (κ2) is 12.6. The van der Waals surface area contributed by atoms with Gasteiger partial charge in [-0.25, -0.2) is 0 Å². The van der Waals surface area contributed by atoms with Crippen molar-refractivity contribution in [3.8, 4) is 0 Å². The third-order valence-corrected chi connectivity index (χ3v) is 4.07. The monoisotopic (exact) mass is 444 g/mol. The van der Waals surface area contributed by atoms with Crippen molar-refractivity contribution in [2.45, 2.75) is 6.42 Å². The topological polar surface area (TPSA) is 136 Å². The highest BCUT2D eigenvalue weighted by Crippen LogP contribution is 2.18. The fraction of sp³-hybridized carbons (Fsp3) is 0.444. The maximum atomic E-state index is 12.4. The van der Waals surface area contributed by atoms with Gasteiger partial charge in [-0.05, 0) is 6.07 Å². The van der Waals surface area contributed by atoms with Crippen LogP contribution in [0, 0.1) is 10.1 Å². The normalized spacial score (nSPS) is 9.97. The third kappa shape index (κ3) is 7.50. The summed E-state index contributed by atoms with van der Waals surface area (Å²) in [5.41, 5.74) is 0.854. The SMILES string of the molecule is CO.Cn1cc(NC(=O)c2cc([N+](=O)[O-])cn2C)cc1C(=O)NCCC[NH+](C)C.[Cl-]. The first-order chi connectivity index (χ1) is 13.7. The van der Waals surface area contributed by atoms with E-state index in [2.05, 4.69) is 24.7 Å². The molecule has 30 heavy (non-hydrogen) atoms. The minimum Gasteiger partial charge on any atom is -1.00 e. The van der Waals surface area contributed by atoms with Gasteiger partial charge in [0.05, 0.1) is 37.4 Å². The van der Waals surface area contributed by atoms with Crippen LogP contribution in [-0.4, -0.2) is 65.3 Å². The van der Waals surface area contributed by atoms with E-state index in [4.69, 9.17) is 5.11 Å². The number of nitrogens with zero attached hydrogens (tertiary/aromatic N) is 3. The quantitative estimate of drug-likeness (QED) is 0.189. The third-order valence-electron chi connectivity index (χ3n) is 4.07. The average Bonchev–Trinajstić information content (AvgIpc) is 3.23. The molecule has 168 valence electrons. The Balaban J connectivity index is 0.00000272. The smallest absolute Gasteiger partial charge is 0.287 e. The van der Waals surface area contributed by atoms with Crippen LogP contribution in [0.3, 0.4) is 0 Å². The molecule has 0 aromatic carbocycles. The number of nitro groups is 1. The maximum Gasteiger partial charge on any atom is 0.287 e. The predicted octanol–water partition coefficient (Wildman–Crippen LogP) is -3.60. The molecule has 2 heterocycles. The Kier molecular flexibility index (Phi) is 11.4. The molecular formula is C18H29ClN6O5. The molecule has 4 N–H and O–H groups in total. The van der Waals surface area contributed by atoms with Gasteiger partial charge in [0.1, 0.15) is 11.4 Å². The van der Waals surface area contributed by atoms with E-state index in [1.165, 1.54) is 21.7 Å². The van der Waals surface area contributed by atoms with E-state index < -0.39 is 10.8 Å². The lowest BCUT2D eigenvalue weighted by Gasteiger charge is -2.08. The molecule has 0 bridgehead atoms. The highest BCUT2D eigenvalue weighted by molar-refractivity contribution is 6.04. The molecule has 2 rings (SSSR count). The first kappa shape index (κ1) is 27.1. The van der Waals surface area contributed by atoms with Crippen LogP contribution in [0.2, 0.25) is 0 Å². The molecule has 0 spiro atoms. The highest BCUT2D eigenvalue weighted by Gasteiger charge is 2.19. The number of hydrogen-bond acceptors (Lipinski definition) is 5. The van der Waals surface area contributed by atoms with Crippen LogP contribution < -0.4 is 27.9 Å². The highest BCUT2D eigenvalue weighted by atomic mass is 35.5. The summed E-state index contributed by atoms with van der Waals surface area (Å²) in [6.45, 7) is 1.53. The van der Waals surface area contributed by atoms with Gasteiger partial charge < -0.3 is 42.2 Å². The van der Waals surface area contributed by atoms with Crippen molar-refractivity contribution >= 4 is 23.2 Å². The van der Waals surface area contributed by atoms with Crippen molar-refractivity contribution in [3.05, 3.63) is 46.0 Å². The van der Waals surface area contributed by atoms with Gasteiger partial charge >= 0.3 is 0 Å². The van der Waals surface area contributed by atoms with E-state index >= 15 is 0 Å². The van der Waals surface area contributed by atoms with Gasteiger partial charge in [0, 0.05) is 46.4 Å². The van der Waals surface area contributed by atoms with Crippen molar-refractivity contribution < 1.29 is 36.9 Å². The van der Waals surface area contributed by atoms with Crippen molar-refractivity contribution in [2.24, 2.45) is 14.1 Å². The van der Waals surface area contributed by atoms with Gasteiger partial charge in [-0.15, -0.1) is 0 Å². The summed E-state index contributed by atoms with van der Waals surface area (Å²) in [4.78, 5) is 36.2. The Labute approximate surface area is 181 Å². The number of amides is 2. The summed E-state index contributed by atoms with van der Waals surface area (Å²) in [7, 11) is 8.37. The number of hydrogen-bond donors (Lipinski definition) is 4. The van der Waals surface area contributed by atoms with Crippen LogP contribution in [0.4, 0.5) is 11.4 Å². The Morgan fingerprint density at radius 3 is 2.20 bits per heavy atom. The van der Waals surface area contributed by atoms with Crippen LogP contribution in [0.5, 0.6) is 0 Å². The first-order valence-electron chi connectivity index (χ1n) is 8.99. The summed E-state index contributed by atoms with van der Waals surface area (Å²) in [6, 6.07) is 2.78. The Morgan fingerprint density at radius 2 is 1.67 bits per heavy atom. The molecule has 0 atom stereocenters. The number of aryl methyl sites for hydroxylation is 2. The molecule has 2 amide bonds. The van der Waals surface area contributed by atoms with Crippen LogP contribution >= 0.6 is 0 Å².